The molecule has 1 aliphatic rings. The van der Waals surface area contributed by atoms with Crippen LogP contribution >= 0.6 is 23.2 Å². The predicted octanol–water partition coefficient (Wildman–Crippen LogP) is 3.66. The number of carbonyl (C=O) groups excluding carboxylic acids is 1. The Morgan fingerprint density at radius 2 is 1.90 bits per heavy atom. The lowest BCUT2D eigenvalue weighted by molar-refractivity contribution is -0.126. The fourth-order valence-electron chi connectivity index (χ4n) is 2.73. The molecule has 1 aromatic rings. The normalized spacial score (nSPS) is 17.8. The third kappa shape index (κ3) is 3.71. The van der Waals surface area contributed by atoms with E-state index in [2.05, 4.69) is 19.2 Å². The Balaban J connectivity index is 2.03. The zero-order valence-electron chi connectivity index (χ0n) is 12.5. The molecule has 0 atom stereocenters. The van der Waals surface area contributed by atoms with Crippen molar-refractivity contribution in [1.82, 2.24) is 5.32 Å². The molecule has 1 aromatic carbocycles. The molecule has 3 N–H and O–H groups in total. The lowest BCUT2D eigenvalue weighted by Crippen LogP contribution is -2.53. The van der Waals surface area contributed by atoms with Gasteiger partial charge in [0.1, 0.15) is 0 Å². The highest BCUT2D eigenvalue weighted by Crippen LogP contribution is 2.30. The monoisotopic (exact) mass is 328 g/mol. The molecule has 116 valence electrons. The molecule has 0 spiro atoms. The van der Waals surface area contributed by atoms with Gasteiger partial charge >= 0.3 is 0 Å². The quantitative estimate of drug-likeness (QED) is 0.886. The first-order chi connectivity index (χ1) is 9.74. The van der Waals surface area contributed by atoms with Gasteiger partial charge < -0.3 is 11.1 Å². The molecular formula is C16H22Cl2N2O. The van der Waals surface area contributed by atoms with Crippen LogP contribution in [0.25, 0.3) is 0 Å². The van der Waals surface area contributed by atoms with E-state index in [1.54, 1.807) is 6.07 Å². The number of carbonyl (C=O) groups is 1. The number of halogens is 2. The van der Waals surface area contributed by atoms with Crippen LogP contribution in [-0.2, 0) is 10.2 Å². The van der Waals surface area contributed by atoms with Crippen LogP contribution in [-0.4, -0.2) is 18.0 Å². The van der Waals surface area contributed by atoms with Gasteiger partial charge in [0.25, 0.3) is 0 Å². The summed E-state index contributed by atoms with van der Waals surface area (Å²) in [5, 5.41) is 4.06. The second-order valence-corrected chi connectivity index (χ2v) is 7.37. The van der Waals surface area contributed by atoms with Gasteiger partial charge in [0.2, 0.25) is 5.91 Å². The third-order valence-electron chi connectivity index (χ3n) is 4.34. The second kappa shape index (κ2) is 6.15. The van der Waals surface area contributed by atoms with E-state index in [9.17, 15) is 4.79 Å². The summed E-state index contributed by atoms with van der Waals surface area (Å²) >= 11 is 12.0. The SMILES string of the molecule is CC(C)(CNC(=O)C1(N)CCCC1)c1ccc(Cl)c(Cl)c1. The zero-order valence-corrected chi connectivity index (χ0v) is 14.0. The van der Waals surface area contributed by atoms with Gasteiger partial charge in [-0.1, -0.05) is 56.0 Å². The first-order valence-corrected chi connectivity index (χ1v) is 8.03. The van der Waals surface area contributed by atoms with E-state index in [0.29, 0.717) is 16.6 Å². The number of benzene rings is 1. The molecule has 3 nitrogen and oxygen atoms in total. The highest BCUT2D eigenvalue weighted by atomic mass is 35.5. The number of nitrogens with two attached hydrogens (primary N) is 1. The van der Waals surface area contributed by atoms with Gasteiger partial charge in [-0.2, -0.15) is 0 Å². The van der Waals surface area contributed by atoms with E-state index in [4.69, 9.17) is 28.9 Å². The van der Waals surface area contributed by atoms with E-state index in [1.807, 2.05) is 12.1 Å². The van der Waals surface area contributed by atoms with Crippen LogP contribution in [0.1, 0.15) is 45.1 Å². The molecule has 5 heteroatoms. The smallest absolute Gasteiger partial charge is 0.240 e. The van der Waals surface area contributed by atoms with Crippen molar-refractivity contribution in [3.8, 4) is 0 Å². The van der Waals surface area contributed by atoms with Gasteiger partial charge in [0.15, 0.2) is 0 Å². The van der Waals surface area contributed by atoms with Gasteiger partial charge in [0.05, 0.1) is 15.6 Å². The van der Waals surface area contributed by atoms with Crippen molar-refractivity contribution in [2.75, 3.05) is 6.54 Å². The largest absolute Gasteiger partial charge is 0.354 e. The van der Waals surface area contributed by atoms with Crippen molar-refractivity contribution in [3.05, 3.63) is 33.8 Å². The van der Waals surface area contributed by atoms with Gasteiger partial charge in [-0.15, -0.1) is 0 Å². The van der Waals surface area contributed by atoms with Crippen molar-refractivity contribution >= 4 is 29.1 Å². The first kappa shape index (κ1) is 16.6. The van der Waals surface area contributed by atoms with Gasteiger partial charge in [-0.05, 0) is 30.5 Å². The molecule has 1 aliphatic carbocycles. The number of hydrogen-bond donors (Lipinski definition) is 2. The Bertz CT molecular complexity index is 537. The molecule has 1 saturated carbocycles. The van der Waals surface area contributed by atoms with Crippen LogP contribution in [0.2, 0.25) is 10.0 Å². The van der Waals surface area contributed by atoms with Crippen molar-refractivity contribution in [2.24, 2.45) is 5.73 Å². The second-order valence-electron chi connectivity index (χ2n) is 6.56. The van der Waals surface area contributed by atoms with E-state index in [-0.39, 0.29) is 11.3 Å². The summed E-state index contributed by atoms with van der Waals surface area (Å²) in [5.41, 5.74) is 6.28. The average molecular weight is 329 g/mol. The fraction of sp³-hybridized carbons (Fsp3) is 0.562. The van der Waals surface area contributed by atoms with Crippen molar-refractivity contribution in [2.45, 2.75) is 50.5 Å². The molecule has 1 fully saturated rings. The lowest BCUT2D eigenvalue weighted by atomic mass is 9.84. The van der Waals surface area contributed by atoms with E-state index >= 15 is 0 Å². The summed E-state index contributed by atoms with van der Waals surface area (Å²) < 4.78 is 0. The minimum absolute atomic E-state index is 0.0480. The van der Waals surface area contributed by atoms with E-state index < -0.39 is 5.54 Å². The molecular weight excluding hydrogens is 307 g/mol. The highest BCUT2D eigenvalue weighted by molar-refractivity contribution is 6.42. The molecule has 0 heterocycles. The van der Waals surface area contributed by atoms with E-state index in [1.165, 1.54) is 0 Å². The average Bonchev–Trinajstić information content (AvgIpc) is 2.87. The summed E-state index contributed by atoms with van der Waals surface area (Å²) in [6, 6.07) is 5.57. The van der Waals surface area contributed by atoms with Crippen LogP contribution in [0, 0.1) is 0 Å². The molecule has 21 heavy (non-hydrogen) atoms. The van der Waals surface area contributed by atoms with Crippen molar-refractivity contribution < 1.29 is 4.79 Å². The topological polar surface area (TPSA) is 55.1 Å². The van der Waals surface area contributed by atoms with Crippen molar-refractivity contribution in [3.63, 3.8) is 0 Å². The molecule has 1 amide bonds. The zero-order chi connectivity index (χ0) is 15.7. The Morgan fingerprint density at radius 3 is 2.48 bits per heavy atom. The van der Waals surface area contributed by atoms with Crippen LogP contribution in [0.5, 0.6) is 0 Å². The van der Waals surface area contributed by atoms with Crippen LogP contribution in [0.4, 0.5) is 0 Å². The lowest BCUT2D eigenvalue weighted by Gasteiger charge is -2.29. The minimum Gasteiger partial charge on any atom is -0.354 e. The molecule has 2 rings (SSSR count). The maximum atomic E-state index is 12.3. The molecule has 0 saturated heterocycles. The minimum atomic E-state index is -0.687. The molecule has 0 bridgehead atoms. The van der Waals surface area contributed by atoms with Crippen LogP contribution in [0.3, 0.4) is 0 Å². The maximum absolute atomic E-state index is 12.3. The summed E-state index contributed by atoms with van der Waals surface area (Å²) in [7, 11) is 0. The highest BCUT2D eigenvalue weighted by Gasteiger charge is 2.37. The van der Waals surface area contributed by atoms with Gasteiger partial charge in [0, 0.05) is 12.0 Å². The van der Waals surface area contributed by atoms with Gasteiger partial charge in [-0.3, -0.25) is 4.79 Å². The van der Waals surface area contributed by atoms with Crippen molar-refractivity contribution in [1.29, 1.82) is 0 Å². The van der Waals surface area contributed by atoms with Crippen LogP contribution < -0.4 is 11.1 Å². The Kier molecular flexibility index (Phi) is 4.86. The van der Waals surface area contributed by atoms with E-state index in [0.717, 1.165) is 31.2 Å². The Labute approximate surface area is 136 Å². The number of amides is 1. The predicted molar refractivity (Wildman–Crippen MR) is 87.9 cm³/mol. The molecule has 0 unspecified atom stereocenters. The summed E-state index contributed by atoms with van der Waals surface area (Å²) in [6.07, 6.45) is 3.60. The summed E-state index contributed by atoms with van der Waals surface area (Å²) in [4.78, 5) is 12.3. The number of nitrogens with one attached hydrogen (secondary N) is 1. The van der Waals surface area contributed by atoms with Gasteiger partial charge in [-0.25, -0.2) is 0 Å². The Morgan fingerprint density at radius 1 is 1.29 bits per heavy atom. The van der Waals surface area contributed by atoms with Crippen LogP contribution in [0.15, 0.2) is 18.2 Å². The number of rotatable bonds is 4. The molecule has 0 aromatic heterocycles. The molecule has 0 aliphatic heterocycles. The Hall–Kier alpha value is -0.770. The maximum Gasteiger partial charge on any atom is 0.240 e. The standard InChI is InChI=1S/C16H22Cl2N2O/c1-15(2,11-5-6-12(17)13(18)9-11)10-20-14(21)16(19)7-3-4-8-16/h5-6,9H,3-4,7-8,10,19H2,1-2H3,(H,20,21). The first-order valence-electron chi connectivity index (χ1n) is 7.27. The third-order valence-corrected chi connectivity index (χ3v) is 5.08. The fourth-order valence-corrected chi connectivity index (χ4v) is 3.03. The summed E-state index contributed by atoms with van der Waals surface area (Å²) in [5.74, 6) is -0.0480. The summed E-state index contributed by atoms with van der Waals surface area (Å²) in [6.45, 7) is 4.64. The number of hydrogen-bond acceptors (Lipinski definition) is 2. The molecule has 0 radical (unpaired) electrons.